The molecular formula is C14H21N3O2. The third-order valence-electron chi connectivity index (χ3n) is 4.18. The summed E-state index contributed by atoms with van der Waals surface area (Å²) >= 11 is 0. The predicted molar refractivity (Wildman–Crippen MR) is 70.8 cm³/mol. The van der Waals surface area contributed by atoms with Gasteiger partial charge in [-0.15, -0.1) is 0 Å². The SMILES string of the molecule is Cc1cnc(C2CCN(C(=O)C3CCOCC3)C2)[nH]1. The van der Waals surface area contributed by atoms with Crippen LogP contribution in [0, 0.1) is 12.8 Å². The number of hydrogen-bond donors (Lipinski definition) is 1. The zero-order valence-corrected chi connectivity index (χ0v) is 11.4. The number of aromatic nitrogens is 2. The number of ether oxygens (including phenoxy) is 1. The highest BCUT2D eigenvalue weighted by atomic mass is 16.5. The first-order chi connectivity index (χ1) is 9.24. The molecule has 1 aromatic heterocycles. The monoisotopic (exact) mass is 263 g/mol. The Balaban J connectivity index is 1.60. The van der Waals surface area contributed by atoms with E-state index < -0.39 is 0 Å². The maximum absolute atomic E-state index is 12.4. The Morgan fingerprint density at radius 1 is 1.42 bits per heavy atom. The second-order valence-corrected chi connectivity index (χ2v) is 5.61. The Hall–Kier alpha value is -1.36. The predicted octanol–water partition coefficient (Wildman–Crippen LogP) is 1.46. The highest BCUT2D eigenvalue weighted by Gasteiger charge is 2.33. The van der Waals surface area contributed by atoms with Gasteiger partial charge < -0.3 is 14.6 Å². The van der Waals surface area contributed by atoms with Crippen LogP contribution in [0.5, 0.6) is 0 Å². The Kier molecular flexibility index (Phi) is 3.55. The van der Waals surface area contributed by atoms with E-state index in [-0.39, 0.29) is 5.92 Å². The summed E-state index contributed by atoms with van der Waals surface area (Å²) < 4.78 is 5.32. The number of H-pyrrole nitrogens is 1. The van der Waals surface area contributed by atoms with E-state index in [4.69, 9.17) is 4.74 Å². The minimum absolute atomic E-state index is 0.172. The van der Waals surface area contributed by atoms with Gasteiger partial charge in [-0.25, -0.2) is 4.98 Å². The fraction of sp³-hybridized carbons (Fsp3) is 0.714. The molecule has 3 heterocycles. The fourth-order valence-electron chi connectivity index (χ4n) is 3.03. The van der Waals surface area contributed by atoms with E-state index in [2.05, 4.69) is 9.97 Å². The van der Waals surface area contributed by atoms with Gasteiger partial charge in [-0.1, -0.05) is 0 Å². The summed E-state index contributed by atoms with van der Waals surface area (Å²) in [4.78, 5) is 22.1. The average Bonchev–Trinajstić information content (AvgIpc) is 3.07. The van der Waals surface area contributed by atoms with Crippen LogP contribution in [0.2, 0.25) is 0 Å². The molecule has 19 heavy (non-hydrogen) atoms. The van der Waals surface area contributed by atoms with Crippen molar-refractivity contribution in [2.75, 3.05) is 26.3 Å². The van der Waals surface area contributed by atoms with E-state index in [0.29, 0.717) is 11.8 Å². The first-order valence-electron chi connectivity index (χ1n) is 7.12. The van der Waals surface area contributed by atoms with E-state index >= 15 is 0 Å². The third kappa shape index (κ3) is 2.66. The van der Waals surface area contributed by atoms with Gasteiger partial charge in [0, 0.05) is 50.0 Å². The molecule has 3 rings (SSSR count). The minimum Gasteiger partial charge on any atom is -0.381 e. The Morgan fingerprint density at radius 2 is 2.21 bits per heavy atom. The number of imidazole rings is 1. The van der Waals surface area contributed by atoms with Crippen molar-refractivity contribution in [1.82, 2.24) is 14.9 Å². The molecule has 2 saturated heterocycles. The van der Waals surface area contributed by atoms with E-state index in [1.807, 2.05) is 18.0 Å². The second-order valence-electron chi connectivity index (χ2n) is 5.61. The molecule has 0 spiro atoms. The zero-order valence-electron chi connectivity index (χ0n) is 11.4. The van der Waals surface area contributed by atoms with Crippen molar-refractivity contribution in [2.45, 2.75) is 32.1 Å². The first kappa shape index (κ1) is 12.7. The number of hydrogen-bond acceptors (Lipinski definition) is 3. The Morgan fingerprint density at radius 3 is 2.89 bits per heavy atom. The normalized spacial score (nSPS) is 24.9. The van der Waals surface area contributed by atoms with Crippen LogP contribution in [0.3, 0.4) is 0 Å². The van der Waals surface area contributed by atoms with Gasteiger partial charge in [-0.05, 0) is 26.2 Å². The summed E-state index contributed by atoms with van der Waals surface area (Å²) in [5, 5.41) is 0. The topological polar surface area (TPSA) is 58.2 Å². The standard InChI is InChI=1S/C14H21N3O2/c1-10-8-15-13(16-10)12-2-5-17(9-12)14(18)11-3-6-19-7-4-11/h8,11-12H,2-7,9H2,1H3,(H,15,16). The first-order valence-corrected chi connectivity index (χ1v) is 7.12. The van der Waals surface area contributed by atoms with E-state index in [9.17, 15) is 4.79 Å². The van der Waals surface area contributed by atoms with Crippen molar-refractivity contribution >= 4 is 5.91 Å². The number of carbonyl (C=O) groups is 1. The number of likely N-dealkylation sites (tertiary alicyclic amines) is 1. The molecule has 2 aliphatic rings. The summed E-state index contributed by atoms with van der Waals surface area (Å²) in [5.74, 6) is 1.89. The van der Waals surface area contributed by atoms with E-state index in [0.717, 1.165) is 57.1 Å². The molecule has 0 radical (unpaired) electrons. The number of amides is 1. The number of nitrogens with one attached hydrogen (secondary N) is 1. The lowest BCUT2D eigenvalue weighted by atomic mass is 9.99. The van der Waals surface area contributed by atoms with Crippen LogP contribution >= 0.6 is 0 Å². The van der Waals surface area contributed by atoms with Crippen LogP contribution in [0.4, 0.5) is 0 Å². The molecule has 1 amide bonds. The van der Waals surface area contributed by atoms with Crippen LogP contribution in [0.25, 0.3) is 0 Å². The van der Waals surface area contributed by atoms with Gasteiger partial charge in [-0.3, -0.25) is 4.79 Å². The van der Waals surface area contributed by atoms with E-state index in [1.54, 1.807) is 0 Å². The van der Waals surface area contributed by atoms with Gasteiger partial charge in [0.15, 0.2) is 0 Å². The number of aromatic amines is 1. The molecule has 2 aliphatic heterocycles. The van der Waals surface area contributed by atoms with Gasteiger partial charge in [0.1, 0.15) is 5.82 Å². The maximum Gasteiger partial charge on any atom is 0.225 e. The lowest BCUT2D eigenvalue weighted by Gasteiger charge is -2.26. The molecule has 1 atom stereocenters. The van der Waals surface area contributed by atoms with Gasteiger partial charge in [0.05, 0.1) is 0 Å². The molecule has 0 bridgehead atoms. The maximum atomic E-state index is 12.4. The van der Waals surface area contributed by atoms with Crippen LogP contribution in [0.1, 0.15) is 36.7 Å². The van der Waals surface area contributed by atoms with Crippen LogP contribution < -0.4 is 0 Å². The highest BCUT2D eigenvalue weighted by molar-refractivity contribution is 5.79. The molecule has 1 unspecified atom stereocenters. The molecule has 0 saturated carbocycles. The molecule has 0 aromatic carbocycles. The van der Waals surface area contributed by atoms with Gasteiger partial charge in [-0.2, -0.15) is 0 Å². The largest absolute Gasteiger partial charge is 0.381 e. The lowest BCUT2D eigenvalue weighted by Crippen LogP contribution is -2.37. The zero-order chi connectivity index (χ0) is 13.2. The van der Waals surface area contributed by atoms with Gasteiger partial charge in [0.25, 0.3) is 0 Å². The number of rotatable bonds is 2. The summed E-state index contributed by atoms with van der Waals surface area (Å²) in [5.41, 5.74) is 1.09. The van der Waals surface area contributed by atoms with Crippen LogP contribution in [-0.2, 0) is 9.53 Å². The third-order valence-corrected chi connectivity index (χ3v) is 4.18. The van der Waals surface area contributed by atoms with Crippen molar-refractivity contribution in [3.8, 4) is 0 Å². The van der Waals surface area contributed by atoms with E-state index in [1.165, 1.54) is 0 Å². The second kappa shape index (κ2) is 5.33. The molecule has 2 fully saturated rings. The Labute approximate surface area is 113 Å². The smallest absolute Gasteiger partial charge is 0.225 e. The summed E-state index contributed by atoms with van der Waals surface area (Å²) in [6.45, 7) is 5.14. The molecule has 104 valence electrons. The molecule has 1 N–H and O–H groups in total. The molecule has 5 heteroatoms. The number of carbonyl (C=O) groups excluding carboxylic acids is 1. The van der Waals surface area contributed by atoms with Crippen LogP contribution in [0.15, 0.2) is 6.20 Å². The quantitative estimate of drug-likeness (QED) is 0.879. The summed E-state index contributed by atoms with van der Waals surface area (Å²) in [7, 11) is 0. The summed E-state index contributed by atoms with van der Waals surface area (Å²) in [6.07, 6.45) is 4.62. The van der Waals surface area contributed by atoms with Gasteiger partial charge >= 0.3 is 0 Å². The average molecular weight is 263 g/mol. The lowest BCUT2D eigenvalue weighted by molar-refractivity contribution is -0.137. The molecule has 5 nitrogen and oxygen atoms in total. The van der Waals surface area contributed by atoms with Crippen LogP contribution in [-0.4, -0.2) is 47.1 Å². The van der Waals surface area contributed by atoms with Crippen molar-refractivity contribution in [1.29, 1.82) is 0 Å². The number of nitrogens with zero attached hydrogens (tertiary/aromatic N) is 2. The molecular weight excluding hydrogens is 242 g/mol. The Bertz CT molecular complexity index is 451. The minimum atomic E-state index is 0.172. The van der Waals surface area contributed by atoms with Crippen molar-refractivity contribution < 1.29 is 9.53 Å². The van der Waals surface area contributed by atoms with Gasteiger partial charge in [0.2, 0.25) is 5.91 Å². The fourth-order valence-corrected chi connectivity index (χ4v) is 3.03. The van der Waals surface area contributed by atoms with Crippen molar-refractivity contribution in [2.24, 2.45) is 5.92 Å². The number of aryl methyl sites for hydroxylation is 1. The highest BCUT2D eigenvalue weighted by Crippen LogP contribution is 2.28. The molecule has 1 aromatic rings. The van der Waals surface area contributed by atoms with Crippen molar-refractivity contribution in [3.05, 3.63) is 17.7 Å². The van der Waals surface area contributed by atoms with Crippen molar-refractivity contribution in [3.63, 3.8) is 0 Å². The molecule has 0 aliphatic carbocycles. The summed E-state index contributed by atoms with van der Waals surface area (Å²) in [6, 6.07) is 0.